The number of halogens is 3. The van der Waals surface area contributed by atoms with Gasteiger partial charge in [0.2, 0.25) is 5.91 Å². The molecule has 31 heavy (non-hydrogen) atoms. The monoisotopic (exact) mass is 436 g/mol. The summed E-state index contributed by atoms with van der Waals surface area (Å²) in [6.07, 6.45) is -4.95. The third-order valence-electron chi connectivity index (χ3n) is 4.33. The first-order valence-corrected chi connectivity index (χ1v) is 9.91. The fraction of sp³-hybridized carbons (Fsp3) is 0.391. The number of alkyl halides is 3. The Kier molecular flexibility index (Phi) is 7.70. The molecule has 0 aliphatic carbocycles. The lowest BCUT2D eigenvalue weighted by molar-refractivity contribution is -0.137. The van der Waals surface area contributed by atoms with Crippen LogP contribution in [-0.2, 0) is 28.7 Å². The van der Waals surface area contributed by atoms with E-state index in [1.165, 1.54) is 17.0 Å². The Morgan fingerprint density at radius 2 is 1.61 bits per heavy atom. The molecule has 168 valence electrons. The molecule has 2 aromatic rings. The molecule has 2 rings (SSSR count). The molecule has 0 saturated heterocycles. The predicted octanol–water partition coefficient (Wildman–Crippen LogP) is 5.64. The molecular formula is C23H27F3N2O3. The number of hydrogen-bond acceptors (Lipinski definition) is 3. The van der Waals surface area contributed by atoms with Crippen molar-refractivity contribution in [3.63, 3.8) is 0 Å². The van der Waals surface area contributed by atoms with Crippen molar-refractivity contribution in [2.45, 2.75) is 52.4 Å². The summed E-state index contributed by atoms with van der Waals surface area (Å²) >= 11 is 0. The highest BCUT2D eigenvalue weighted by atomic mass is 19.4. The molecule has 8 heteroatoms. The maximum Gasteiger partial charge on any atom is 0.416 e. The van der Waals surface area contributed by atoms with E-state index in [9.17, 15) is 22.8 Å². The van der Waals surface area contributed by atoms with Crippen molar-refractivity contribution in [1.82, 2.24) is 4.90 Å². The van der Waals surface area contributed by atoms with E-state index in [1.807, 2.05) is 6.92 Å². The number of benzene rings is 2. The zero-order valence-corrected chi connectivity index (χ0v) is 18.0. The lowest BCUT2D eigenvalue weighted by Crippen LogP contribution is -2.36. The van der Waals surface area contributed by atoms with Gasteiger partial charge in [-0.1, -0.05) is 30.3 Å². The fourth-order valence-electron chi connectivity index (χ4n) is 2.81. The van der Waals surface area contributed by atoms with Crippen LogP contribution >= 0.6 is 0 Å². The molecule has 0 atom stereocenters. The van der Waals surface area contributed by atoms with Crippen molar-refractivity contribution in [2.24, 2.45) is 0 Å². The average molecular weight is 436 g/mol. The van der Waals surface area contributed by atoms with Crippen LogP contribution in [0.25, 0.3) is 0 Å². The number of nitrogens with zero attached hydrogens (tertiary/aromatic N) is 1. The predicted molar refractivity (Wildman–Crippen MR) is 113 cm³/mol. The first-order chi connectivity index (χ1) is 14.4. The minimum absolute atomic E-state index is 0.0734. The van der Waals surface area contributed by atoms with Gasteiger partial charge in [0.15, 0.2) is 0 Å². The van der Waals surface area contributed by atoms with E-state index in [1.54, 1.807) is 45.0 Å². The highest BCUT2D eigenvalue weighted by Crippen LogP contribution is 2.29. The average Bonchev–Trinajstić information content (AvgIpc) is 2.65. The molecule has 0 aliphatic heterocycles. The molecule has 0 aromatic heterocycles. The highest BCUT2D eigenvalue weighted by molar-refractivity contribution is 5.93. The summed E-state index contributed by atoms with van der Waals surface area (Å²) in [6, 6.07) is 11.5. The van der Waals surface area contributed by atoms with E-state index in [4.69, 9.17) is 4.74 Å². The molecule has 1 N–H and O–H groups in total. The van der Waals surface area contributed by atoms with Gasteiger partial charge in [0.1, 0.15) is 5.60 Å². The normalized spacial score (nSPS) is 11.7. The molecule has 0 unspecified atom stereocenters. The smallest absolute Gasteiger partial charge is 0.416 e. The van der Waals surface area contributed by atoms with E-state index >= 15 is 0 Å². The van der Waals surface area contributed by atoms with Gasteiger partial charge in [0.05, 0.1) is 18.5 Å². The van der Waals surface area contributed by atoms with Crippen LogP contribution in [0.3, 0.4) is 0 Å². The van der Waals surface area contributed by atoms with Gasteiger partial charge in [-0.3, -0.25) is 4.79 Å². The molecule has 0 heterocycles. The van der Waals surface area contributed by atoms with Crippen LogP contribution in [0, 0.1) is 0 Å². The van der Waals surface area contributed by atoms with Crippen molar-refractivity contribution in [1.29, 1.82) is 0 Å². The number of amides is 2. The van der Waals surface area contributed by atoms with Gasteiger partial charge >= 0.3 is 12.3 Å². The van der Waals surface area contributed by atoms with Gasteiger partial charge in [0, 0.05) is 12.2 Å². The van der Waals surface area contributed by atoms with Gasteiger partial charge in [0.25, 0.3) is 0 Å². The molecule has 0 spiro atoms. The first kappa shape index (κ1) is 24.2. The Labute approximate surface area is 180 Å². The minimum Gasteiger partial charge on any atom is -0.444 e. The number of carbonyl (C=O) groups is 2. The Balaban J connectivity index is 2.07. The Morgan fingerprint density at radius 3 is 2.16 bits per heavy atom. The molecule has 0 bridgehead atoms. The topological polar surface area (TPSA) is 58.6 Å². The Bertz CT molecular complexity index is 904. The lowest BCUT2D eigenvalue weighted by Gasteiger charge is -2.27. The van der Waals surface area contributed by atoms with Crippen LogP contribution in [0.2, 0.25) is 0 Å². The second-order valence-electron chi connectivity index (χ2n) is 8.07. The summed E-state index contributed by atoms with van der Waals surface area (Å²) in [5.41, 5.74) is 0.327. The molecular weight excluding hydrogens is 409 g/mol. The van der Waals surface area contributed by atoms with E-state index in [0.717, 1.165) is 17.7 Å². The highest BCUT2D eigenvalue weighted by Gasteiger charge is 2.30. The molecule has 0 fully saturated rings. The van der Waals surface area contributed by atoms with Crippen molar-refractivity contribution in [3.8, 4) is 0 Å². The maximum atomic E-state index is 12.7. The largest absolute Gasteiger partial charge is 0.444 e. The van der Waals surface area contributed by atoms with Crippen LogP contribution in [0.1, 0.15) is 44.4 Å². The zero-order chi connectivity index (χ0) is 23.2. The zero-order valence-electron chi connectivity index (χ0n) is 18.0. The van der Waals surface area contributed by atoms with Crippen molar-refractivity contribution in [3.05, 3.63) is 65.2 Å². The Morgan fingerprint density at radius 1 is 1.00 bits per heavy atom. The van der Waals surface area contributed by atoms with Gasteiger partial charge in [-0.25, -0.2) is 4.79 Å². The number of ether oxygens (including phenoxy) is 1. The number of carbonyl (C=O) groups excluding carboxylic acids is 2. The van der Waals surface area contributed by atoms with Crippen molar-refractivity contribution >= 4 is 17.7 Å². The second-order valence-corrected chi connectivity index (χ2v) is 8.07. The summed E-state index contributed by atoms with van der Waals surface area (Å²) in [6.45, 7) is 7.84. The van der Waals surface area contributed by atoms with Crippen molar-refractivity contribution in [2.75, 3.05) is 11.9 Å². The van der Waals surface area contributed by atoms with Gasteiger partial charge in [-0.2, -0.15) is 13.2 Å². The fourth-order valence-corrected chi connectivity index (χ4v) is 2.81. The van der Waals surface area contributed by atoms with Gasteiger partial charge < -0.3 is 15.0 Å². The third-order valence-corrected chi connectivity index (χ3v) is 4.33. The van der Waals surface area contributed by atoms with Crippen LogP contribution in [0.5, 0.6) is 0 Å². The SMILES string of the molecule is CCN(Cc1ccccc1NC(=O)Cc1ccc(C(F)(F)F)cc1)C(=O)OC(C)(C)C. The van der Waals surface area contributed by atoms with Gasteiger partial charge in [-0.15, -0.1) is 0 Å². The molecule has 5 nitrogen and oxygen atoms in total. The molecule has 0 saturated carbocycles. The molecule has 2 amide bonds. The van der Waals surface area contributed by atoms with Crippen LogP contribution in [0.4, 0.5) is 23.7 Å². The van der Waals surface area contributed by atoms with E-state index in [2.05, 4.69) is 5.32 Å². The number of para-hydroxylation sites is 1. The molecule has 0 aliphatic rings. The van der Waals surface area contributed by atoms with Gasteiger partial charge in [-0.05, 0) is 57.0 Å². The summed E-state index contributed by atoms with van der Waals surface area (Å²) in [5, 5.41) is 2.78. The van der Waals surface area contributed by atoms with Crippen LogP contribution in [0.15, 0.2) is 48.5 Å². The number of nitrogens with one attached hydrogen (secondary N) is 1. The van der Waals surface area contributed by atoms with Crippen LogP contribution < -0.4 is 5.32 Å². The van der Waals surface area contributed by atoms with Crippen LogP contribution in [-0.4, -0.2) is 29.0 Å². The van der Waals surface area contributed by atoms with E-state index in [0.29, 0.717) is 17.8 Å². The second kappa shape index (κ2) is 9.85. The summed E-state index contributed by atoms with van der Waals surface area (Å²) in [7, 11) is 0. The quantitative estimate of drug-likeness (QED) is 0.637. The molecule has 0 radical (unpaired) electrons. The third kappa shape index (κ3) is 7.62. The number of hydrogen-bond donors (Lipinski definition) is 1. The number of anilines is 1. The van der Waals surface area contributed by atoms with E-state index < -0.39 is 23.4 Å². The lowest BCUT2D eigenvalue weighted by atomic mass is 10.1. The minimum atomic E-state index is -4.42. The first-order valence-electron chi connectivity index (χ1n) is 9.91. The summed E-state index contributed by atoms with van der Waals surface area (Å²) in [5.74, 6) is -0.368. The van der Waals surface area contributed by atoms with E-state index in [-0.39, 0.29) is 18.9 Å². The molecule has 2 aromatic carbocycles. The maximum absolute atomic E-state index is 12.7. The Hall–Kier alpha value is -3.03. The summed E-state index contributed by atoms with van der Waals surface area (Å²) in [4.78, 5) is 26.4. The summed E-state index contributed by atoms with van der Waals surface area (Å²) < 4.78 is 43.5. The van der Waals surface area contributed by atoms with Crippen molar-refractivity contribution < 1.29 is 27.5 Å². The number of rotatable bonds is 6. The standard InChI is InChI=1S/C23H27F3N2O3/c1-5-28(21(30)31-22(2,3)4)15-17-8-6-7-9-19(17)27-20(29)14-16-10-12-18(13-11-16)23(24,25)26/h6-13H,5,14-15H2,1-4H3,(H,27,29).